The van der Waals surface area contributed by atoms with E-state index in [0.29, 0.717) is 6.07 Å². The van der Waals surface area contributed by atoms with Gasteiger partial charge in [0.05, 0.1) is 5.56 Å². The molecule has 1 heterocycles. The molecule has 0 saturated heterocycles. The maximum Gasteiger partial charge on any atom is 0.574 e. The summed E-state index contributed by atoms with van der Waals surface area (Å²) in [6, 6.07) is 0.653. The second-order valence-corrected chi connectivity index (χ2v) is 4.62. The quantitative estimate of drug-likeness (QED) is 0.287. The highest BCUT2D eigenvalue weighted by Crippen LogP contribution is 2.38. The monoisotopic (exact) mass is 449 g/mol. The molecule has 0 saturated carbocycles. The summed E-state index contributed by atoms with van der Waals surface area (Å²) in [5.74, 6) is -1.10. The first-order valence-electron chi connectivity index (χ1n) is 4.13. The average molecular weight is 450 g/mol. The van der Waals surface area contributed by atoms with Crippen LogP contribution in [0.25, 0.3) is 0 Å². The van der Waals surface area contributed by atoms with Gasteiger partial charge in [-0.3, -0.25) is 0 Å². The van der Waals surface area contributed by atoms with Crippen molar-refractivity contribution in [1.29, 1.82) is 0 Å². The van der Waals surface area contributed by atoms with Gasteiger partial charge in [-0.05, 0) is 28.7 Å². The smallest absolute Gasteiger partial charge is 0.387 e. The summed E-state index contributed by atoms with van der Waals surface area (Å²) < 4.78 is 77.3. The molecule has 0 aliphatic carbocycles. The van der Waals surface area contributed by atoms with E-state index in [1.54, 1.807) is 0 Å². The van der Waals surface area contributed by atoms with Crippen LogP contribution in [-0.2, 0) is 11.5 Å². The fourth-order valence-electron chi connectivity index (χ4n) is 1.09. The Morgan fingerprint density at radius 1 is 1.22 bits per heavy atom. The van der Waals surface area contributed by atoms with Gasteiger partial charge in [0, 0.05) is 10.9 Å². The highest BCUT2D eigenvalue weighted by atomic mass is 127. The zero-order valence-electron chi connectivity index (χ0n) is 8.16. The van der Waals surface area contributed by atoms with Gasteiger partial charge in [0.15, 0.2) is 0 Å². The standard InChI is InChI=1S/C8H3BrF6INO/c9-2-3-4(7(10,11)12)1-5(16)17-6(3)18-8(13,14)15/h1H,2H2. The van der Waals surface area contributed by atoms with Gasteiger partial charge in [-0.25, -0.2) is 4.98 Å². The molecular weight excluding hydrogens is 447 g/mol. The molecule has 0 aliphatic rings. The van der Waals surface area contributed by atoms with Crippen LogP contribution in [0.4, 0.5) is 26.3 Å². The van der Waals surface area contributed by atoms with Gasteiger partial charge in [-0.2, -0.15) is 13.2 Å². The van der Waals surface area contributed by atoms with E-state index in [9.17, 15) is 26.3 Å². The molecule has 0 spiro atoms. The summed E-state index contributed by atoms with van der Waals surface area (Å²) in [4.78, 5) is 3.32. The maximum atomic E-state index is 12.6. The number of rotatable bonds is 2. The van der Waals surface area contributed by atoms with E-state index in [4.69, 9.17) is 0 Å². The van der Waals surface area contributed by atoms with E-state index in [-0.39, 0.29) is 3.70 Å². The molecule has 10 heteroatoms. The van der Waals surface area contributed by atoms with Crippen LogP contribution in [0.5, 0.6) is 5.88 Å². The van der Waals surface area contributed by atoms with E-state index in [2.05, 4.69) is 25.7 Å². The Morgan fingerprint density at radius 2 is 1.78 bits per heavy atom. The van der Waals surface area contributed by atoms with Gasteiger partial charge in [-0.15, -0.1) is 13.2 Å². The van der Waals surface area contributed by atoms with Gasteiger partial charge < -0.3 is 4.74 Å². The fourth-order valence-corrected chi connectivity index (χ4v) is 2.17. The number of hydrogen-bond donors (Lipinski definition) is 0. The van der Waals surface area contributed by atoms with Crippen LogP contribution in [0.2, 0.25) is 0 Å². The van der Waals surface area contributed by atoms with Crippen LogP contribution in [0.15, 0.2) is 6.07 Å². The lowest BCUT2D eigenvalue weighted by Crippen LogP contribution is -2.21. The summed E-state index contributed by atoms with van der Waals surface area (Å²) in [5, 5.41) is -0.461. The van der Waals surface area contributed by atoms with Crippen LogP contribution in [0, 0.1) is 3.70 Å². The molecule has 0 aromatic carbocycles. The molecule has 0 N–H and O–H groups in total. The van der Waals surface area contributed by atoms with Crippen molar-refractivity contribution in [3.05, 3.63) is 20.9 Å². The number of alkyl halides is 7. The lowest BCUT2D eigenvalue weighted by molar-refractivity contribution is -0.276. The largest absolute Gasteiger partial charge is 0.574 e. The predicted molar refractivity (Wildman–Crippen MR) is 61.3 cm³/mol. The zero-order valence-corrected chi connectivity index (χ0v) is 11.9. The van der Waals surface area contributed by atoms with Gasteiger partial charge in [0.2, 0.25) is 5.88 Å². The van der Waals surface area contributed by atoms with E-state index >= 15 is 0 Å². The Hall–Kier alpha value is -0.260. The highest BCUT2D eigenvalue weighted by molar-refractivity contribution is 14.1. The van der Waals surface area contributed by atoms with Gasteiger partial charge >= 0.3 is 12.5 Å². The average Bonchev–Trinajstić information content (AvgIpc) is 2.12. The Bertz CT molecular complexity index is 446. The normalized spacial score (nSPS) is 12.7. The van der Waals surface area contributed by atoms with Crippen molar-refractivity contribution in [3.8, 4) is 5.88 Å². The van der Waals surface area contributed by atoms with E-state index in [0.717, 1.165) is 0 Å². The van der Waals surface area contributed by atoms with Crippen molar-refractivity contribution in [3.63, 3.8) is 0 Å². The zero-order chi connectivity index (χ0) is 14.1. The number of pyridine rings is 1. The lowest BCUT2D eigenvalue weighted by atomic mass is 10.1. The lowest BCUT2D eigenvalue weighted by Gasteiger charge is -2.16. The molecule has 0 atom stereocenters. The van der Waals surface area contributed by atoms with E-state index in [1.807, 2.05) is 0 Å². The molecule has 1 aromatic heterocycles. The number of hydrogen-bond acceptors (Lipinski definition) is 2. The maximum absolute atomic E-state index is 12.6. The highest BCUT2D eigenvalue weighted by Gasteiger charge is 2.38. The minimum Gasteiger partial charge on any atom is -0.387 e. The predicted octanol–water partition coefficient (Wildman–Crippen LogP) is 4.50. The number of halogens is 8. The molecule has 0 amide bonds. The minimum atomic E-state index is -5.10. The molecule has 1 aromatic rings. The molecule has 2 nitrogen and oxygen atoms in total. The van der Waals surface area contributed by atoms with Crippen LogP contribution in [0.3, 0.4) is 0 Å². The summed E-state index contributed by atoms with van der Waals surface area (Å²) in [7, 11) is 0. The first-order valence-corrected chi connectivity index (χ1v) is 6.33. The first kappa shape index (κ1) is 15.8. The molecule has 0 aliphatic heterocycles. The van der Waals surface area contributed by atoms with Crippen molar-refractivity contribution < 1.29 is 31.1 Å². The molecule has 0 fully saturated rings. The molecule has 0 bridgehead atoms. The van der Waals surface area contributed by atoms with Crippen LogP contribution >= 0.6 is 38.5 Å². The minimum absolute atomic E-state index is 0.246. The van der Waals surface area contributed by atoms with Crippen molar-refractivity contribution >= 4 is 38.5 Å². The number of nitrogens with zero attached hydrogens (tertiary/aromatic N) is 1. The Balaban J connectivity index is 3.39. The topological polar surface area (TPSA) is 22.1 Å². The Labute approximate surface area is 119 Å². The van der Waals surface area contributed by atoms with Crippen molar-refractivity contribution in [2.24, 2.45) is 0 Å². The third-order valence-electron chi connectivity index (χ3n) is 1.71. The molecular formula is C8H3BrF6INO. The van der Waals surface area contributed by atoms with Gasteiger partial charge in [-0.1, -0.05) is 15.9 Å². The van der Waals surface area contributed by atoms with Crippen LogP contribution in [-0.4, -0.2) is 11.3 Å². The third-order valence-corrected chi connectivity index (χ3v) is 2.82. The SMILES string of the molecule is FC(F)(F)Oc1nc(I)cc(C(F)(F)F)c1CBr. The van der Waals surface area contributed by atoms with Crippen molar-refractivity contribution in [1.82, 2.24) is 4.98 Å². The van der Waals surface area contributed by atoms with Crippen LogP contribution < -0.4 is 4.74 Å². The van der Waals surface area contributed by atoms with Gasteiger partial charge in [0.25, 0.3) is 0 Å². The van der Waals surface area contributed by atoms with E-state index < -0.39 is 34.9 Å². The third kappa shape index (κ3) is 4.14. The van der Waals surface area contributed by atoms with Crippen molar-refractivity contribution in [2.45, 2.75) is 17.9 Å². The Kier molecular flexibility index (Phi) is 4.73. The number of aromatic nitrogens is 1. The van der Waals surface area contributed by atoms with Crippen LogP contribution in [0.1, 0.15) is 11.1 Å². The first-order chi connectivity index (χ1) is 8.04. The second-order valence-electron chi connectivity index (χ2n) is 2.96. The number of ether oxygens (including phenoxy) is 1. The molecule has 18 heavy (non-hydrogen) atoms. The molecule has 102 valence electrons. The summed E-state index contributed by atoms with van der Waals surface area (Å²) in [6.45, 7) is 0. The van der Waals surface area contributed by atoms with Crippen molar-refractivity contribution in [2.75, 3.05) is 0 Å². The van der Waals surface area contributed by atoms with Gasteiger partial charge in [0.1, 0.15) is 3.70 Å². The summed E-state index contributed by atoms with van der Waals surface area (Å²) in [5.41, 5.74) is -1.90. The summed E-state index contributed by atoms with van der Waals surface area (Å²) >= 11 is 4.08. The molecule has 0 unspecified atom stereocenters. The molecule has 1 rings (SSSR count). The summed E-state index contributed by atoms with van der Waals surface area (Å²) in [6.07, 6.45) is -9.88. The second kappa shape index (κ2) is 5.39. The fraction of sp³-hybridized carbons (Fsp3) is 0.375. The van der Waals surface area contributed by atoms with E-state index in [1.165, 1.54) is 22.6 Å². The molecule has 0 radical (unpaired) electrons. The Morgan fingerprint density at radius 3 is 2.17 bits per heavy atom.